The second-order valence-corrected chi connectivity index (χ2v) is 7.90. The number of amides is 2. The van der Waals surface area contributed by atoms with E-state index in [0.29, 0.717) is 12.1 Å². The monoisotopic (exact) mass is 317 g/mol. The zero-order valence-electron chi connectivity index (χ0n) is 14.6. The van der Waals surface area contributed by atoms with E-state index in [1.807, 2.05) is 30.4 Å². The highest BCUT2D eigenvalue weighted by atomic mass is 16.2. The Morgan fingerprint density at radius 2 is 1.83 bits per heavy atom. The topological polar surface area (TPSA) is 45.5 Å². The standard InChI is InChI=1S/C18H27N3O2/c1-17(2,3)20-12-7-14(13-20)15(22)21-11-6-9-18(21)8-5-10-19(4)16(18)23/h7,12-13H,5-6,8-11H2,1-4H3. The van der Waals surface area contributed by atoms with Gasteiger partial charge < -0.3 is 14.4 Å². The normalized spacial score (nSPS) is 25.5. The summed E-state index contributed by atoms with van der Waals surface area (Å²) >= 11 is 0. The van der Waals surface area contributed by atoms with Crippen LogP contribution in [0.3, 0.4) is 0 Å². The van der Waals surface area contributed by atoms with Crippen LogP contribution in [0.25, 0.3) is 0 Å². The fourth-order valence-corrected chi connectivity index (χ4v) is 3.93. The van der Waals surface area contributed by atoms with Crippen molar-refractivity contribution in [2.75, 3.05) is 20.1 Å². The first kappa shape index (κ1) is 16.1. The first-order valence-corrected chi connectivity index (χ1v) is 8.52. The summed E-state index contributed by atoms with van der Waals surface area (Å²) in [6, 6.07) is 1.87. The van der Waals surface area contributed by atoms with Gasteiger partial charge in [0.1, 0.15) is 5.54 Å². The predicted molar refractivity (Wildman–Crippen MR) is 89.3 cm³/mol. The molecule has 2 aliphatic rings. The Morgan fingerprint density at radius 1 is 1.17 bits per heavy atom. The summed E-state index contributed by atoms with van der Waals surface area (Å²) in [7, 11) is 1.85. The number of hydrogen-bond acceptors (Lipinski definition) is 2. The average Bonchev–Trinajstić information content (AvgIpc) is 3.11. The van der Waals surface area contributed by atoms with Gasteiger partial charge in [0.05, 0.1) is 5.56 Å². The Balaban J connectivity index is 1.89. The van der Waals surface area contributed by atoms with Crippen LogP contribution in [-0.4, -0.2) is 51.9 Å². The molecule has 1 unspecified atom stereocenters. The fourth-order valence-electron chi connectivity index (χ4n) is 3.93. The van der Waals surface area contributed by atoms with Crippen LogP contribution in [0, 0.1) is 0 Å². The predicted octanol–water partition coefficient (Wildman–Crippen LogP) is 2.47. The Morgan fingerprint density at radius 3 is 2.43 bits per heavy atom. The van der Waals surface area contributed by atoms with Gasteiger partial charge in [0.2, 0.25) is 5.91 Å². The molecule has 2 fully saturated rings. The van der Waals surface area contributed by atoms with Gasteiger partial charge in [-0.05, 0) is 52.5 Å². The lowest BCUT2D eigenvalue weighted by Crippen LogP contribution is -2.60. The lowest BCUT2D eigenvalue weighted by atomic mass is 9.85. The molecule has 0 N–H and O–H groups in total. The Kier molecular flexibility index (Phi) is 3.77. The molecule has 0 saturated carbocycles. The Hall–Kier alpha value is -1.78. The third kappa shape index (κ3) is 2.56. The average molecular weight is 317 g/mol. The van der Waals surface area contributed by atoms with Crippen molar-refractivity contribution < 1.29 is 9.59 Å². The van der Waals surface area contributed by atoms with Crippen molar-refractivity contribution in [3.8, 4) is 0 Å². The molecule has 0 aliphatic carbocycles. The molecule has 1 spiro atoms. The van der Waals surface area contributed by atoms with E-state index in [1.54, 1.807) is 4.90 Å². The van der Waals surface area contributed by atoms with Crippen LogP contribution < -0.4 is 0 Å². The molecule has 1 atom stereocenters. The highest BCUT2D eigenvalue weighted by molar-refractivity contribution is 5.99. The Bertz CT molecular complexity index is 628. The van der Waals surface area contributed by atoms with E-state index in [0.717, 1.165) is 32.2 Å². The minimum Gasteiger partial charge on any atom is -0.348 e. The first-order chi connectivity index (χ1) is 10.8. The molecule has 5 nitrogen and oxygen atoms in total. The largest absolute Gasteiger partial charge is 0.348 e. The van der Waals surface area contributed by atoms with Crippen molar-refractivity contribution in [3.05, 3.63) is 24.0 Å². The second-order valence-electron chi connectivity index (χ2n) is 7.90. The van der Waals surface area contributed by atoms with Crippen molar-refractivity contribution in [1.29, 1.82) is 0 Å². The quantitative estimate of drug-likeness (QED) is 0.799. The maximum Gasteiger partial charge on any atom is 0.256 e. The van der Waals surface area contributed by atoms with Gasteiger partial charge in [-0.2, -0.15) is 0 Å². The molecule has 126 valence electrons. The van der Waals surface area contributed by atoms with E-state index in [-0.39, 0.29) is 17.4 Å². The molecule has 2 aliphatic heterocycles. The van der Waals surface area contributed by atoms with E-state index in [1.165, 1.54) is 0 Å². The zero-order valence-corrected chi connectivity index (χ0v) is 14.6. The van der Waals surface area contributed by atoms with Crippen LogP contribution in [0.4, 0.5) is 0 Å². The van der Waals surface area contributed by atoms with Gasteiger partial charge in [0.25, 0.3) is 5.91 Å². The third-order valence-corrected chi connectivity index (χ3v) is 5.28. The fraction of sp³-hybridized carbons (Fsp3) is 0.667. The summed E-state index contributed by atoms with van der Waals surface area (Å²) < 4.78 is 2.05. The van der Waals surface area contributed by atoms with Crippen molar-refractivity contribution in [2.24, 2.45) is 0 Å². The smallest absolute Gasteiger partial charge is 0.256 e. The minimum atomic E-state index is -0.603. The Labute approximate surface area is 138 Å². The minimum absolute atomic E-state index is 0.00542. The van der Waals surface area contributed by atoms with Gasteiger partial charge in [0.15, 0.2) is 0 Å². The van der Waals surface area contributed by atoms with Crippen molar-refractivity contribution >= 4 is 11.8 Å². The number of aromatic nitrogens is 1. The molecule has 5 heteroatoms. The molecule has 0 radical (unpaired) electrons. The molecule has 2 amide bonds. The maximum atomic E-state index is 13.1. The van der Waals surface area contributed by atoms with Crippen LogP contribution in [0.5, 0.6) is 0 Å². The van der Waals surface area contributed by atoms with Crippen LogP contribution in [0.1, 0.15) is 56.8 Å². The van der Waals surface area contributed by atoms with Crippen LogP contribution in [0.15, 0.2) is 18.5 Å². The van der Waals surface area contributed by atoms with Crippen molar-refractivity contribution in [3.63, 3.8) is 0 Å². The summed E-state index contributed by atoms with van der Waals surface area (Å²) in [6.07, 6.45) is 7.32. The third-order valence-electron chi connectivity index (χ3n) is 5.28. The molecule has 3 rings (SSSR count). The lowest BCUT2D eigenvalue weighted by Gasteiger charge is -2.43. The van der Waals surface area contributed by atoms with Gasteiger partial charge in [-0.15, -0.1) is 0 Å². The van der Waals surface area contributed by atoms with Crippen molar-refractivity contribution in [1.82, 2.24) is 14.4 Å². The van der Waals surface area contributed by atoms with Gasteiger partial charge in [0, 0.05) is 38.1 Å². The van der Waals surface area contributed by atoms with Gasteiger partial charge in [-0.25, -0.2) is 0 Å². The van der Waals surface area contributed by atoms with E-state index in [2.05, 4.69) is 25.3 Å². The summed E-state index contributed by atoms with van der Waals surface area (Å²) in [5.41, 5.74) is 0.0259. The van der Waals surface area contributed by atoms with E-state index < -0.39 is 5.54 Å². The molecule has 1 aromatic rings. The van der Waals surface area contributed by atoms with Gasteiger partial charge in [-0.3, -0.25) is 9.59 Å². The molecular formula is C18H27N3O2. The number of carbonyl (C=O) groups excluding carboxylic acids is 2. The molecular weight excluding hydrogens is 290 g/mol. The van der Waals surface area contributed by atoms with E-state index in [9.17, 15) is 9.59 Å². The summed E-state index contributed by atoms with van der Waals surface area (Å²) in [6.45, 7) is 7.80. The summed E-state index contributed by atoms with van der Waals surface area (Å²) in [5.74, 6) is 0.110. The SMILES string of the molecule is CN1CCCC2(CCCN2C(=O)c2ccn(C(C)(C)C)c2)C1=O. The number of rotatable bonds is 1. The number of nitrogens with zero attached hydrogens (tertiary/aromatic N) is 3. The van der Waals surface area contributed by atoms with Gasteiger partial charge >= 0.3 is 0 Å². The molecule has 1 aromatic heterocycles. The summed E-state index contributed by atoms with van der Waals surface area (Å²) in [5, 5.41) is 0. The van der Waals surface area contributed by atoms with Crippen molar-refractivity contribution in [2.45, 2.75) is 57.5 Å². The number of piperidine rings is 1. The van der Waals surface area contributed by atoms with E-state index in [4.69, 9.17) is 0 Å². The highest BCUT2D eigenvalue weighted by Gasteiger charge is 2.52. The van der Waals surface area contributed by atoms with Crippen LogP contribution in [0.2, 0.25) is 0 Å². The zero-order chi connectivity index (χ0) is 16.8. The molecule has 3 heterocycles. The van der Waals surface area contributed by atoms with Gasteiger partial charge in [-0.1, -0.05) is 0 Å². The number of likely N-dealkylation sites (N-methyl/N-ethyl adjacent to an activating group) is 1. The maximum absolute atomic E-state index is 13.1. The number of hydrogen-bond donors (Lipinski definition) is 0. The molecule has 23 heavy (non-hydrogen) atoms. The van der Waals surface area contributed by atoms with E-state index >= 15 is 0 Å². The van der Waals surface area contributed by atoms with Crippen LogP contribution in [-0.2, 0) is 10.3 Å². The number of carbonyl (C=O) groups is 2. The molecule has 0 aromatic carbocycles. The first-order valence-electron chi connectivity index (χ1n) is 8.52. The second kappa shape index (κ2) is 5.39. The number of likely N-dealkylation sites (tertiary alicyclic amines) is 2. The summed E-state index contributed by atoms with van der Waals surface area (Å²) in [4.78, 5) is 29.5. The lowest BCUT2D eigenvalue weighted by molar-refractivity contribution is -0.144. The molecule has 2 saturated heterocycles. The highest BCUT2D eigenvalue weighted by Crippen LogP contribution is 2.38. The van der Waals surface area contributed by atoms with Crippen LogP contribution >= 0.6 is 0 Å². The molecule has 0 bridgehead atoms.